The number of carbonyl (C=O) groups is 1. The third-order valence-corrected chi connectivity index (χ3v) is 3.50. The van der Waals surface area contributed by atoms with Gasteiger partial charge < -0.3 is 25.0 Å². The molecule has 0 heterocycles. The van der Waals surface area contributed by atoms with E-state index in [2.05, 4.69) is 15.6 Å². The normalized spacial score (nSPS) is 12.5. The lowest BCUT2D eigenvalue weighted by Gasteiger charge is -2.19. The van der Waals surface area contributed by atoms with Crippen molar-refractivity contribution >= 4 is 11.9 Å². The average molecular weight is 354 g/mol. The van der Waals surface area contributed by atoms with Crippen molar-refractivity contribution in [3.05, 3.63) is 29.6 Å². The number of amides is 1. The molecule has 140 valence electrons. The smallest absolute Gasteiger partial charge is 0.243 e. The Kier molecular flexibility index (Phi) is 8.69. The van der Waals surface area contributed by atoms with Crippen molar-refractivity contribution in [3.63, 3.8) is 0 Å². The molecule has 0 aliphatic rings. The van der Waals surface area contributed by atoms with Gasteiger partial charge in [-0.15, -0.1) is 0 Å². The van der Waals surface area contributed by atoms with Crippen molar-refractivity contribution in [2.75, 3.05) is 48.0 Å². The Hall–Kier alpha value is -2.35. The molecule has 2 N–H and O–H groups in total. The number of halogens is 1. The molecule has 1 unspecified atom stereocenters. The van der Waals surface area contributed by atoms with Crippen LogP contribution in [0.2, 0.25) is 0 Å². The minimum absolute atomic E-state index is 0.0129. The number of guanidine groups is 1. The van der Waals surface area contributed by atoms with Crippen LogP contribution in [0, 0.1) is 5.82 Å². The first kappa shape index (κ1) is 20.7. The van der Waals surface area contributed by atoms with Crippen LogP contribution in [-0.4, -0.2) is 64.8 Å². The molecule has 0 spiro atoms. The molecule has 0 bridgehead atoms. The molecular weight excluding hydrogens is 327 g/mol. The number of hydrogen-bond acceptors (Lipinski definition) is 4. The van der Waals surface area contributed by atoms with Gasteiger partial charge in [0, 0.05) is 27.7 Å². The van der Waals surface area contributed by atoms with Crippen LogP contribution in [0.5, 0.6) is 5.75 Å². The molecule has 0 fully saturated rings. The second kappa shape index (κ2) is 10.5. The maximum Gasteiger partial charge on any atom is 0.243 e. The minimum atomic E-state index is -0.428. The van der Waals surface area contributed by atoms with Crippen LogP contribution in [0.4, 0.5) is 4.39 Å². The molecule has 0 aliphatic carbocycles. The maximum absolute atomic E-state index is 13.9. The summed E-state index contributed by atoms with van der Waals surface area (Å²) >= 11 is 0. The van der Waals surface area contributed by atoms with E-state index in [0.717, 1.165) is 5.56 Å². The van der Waals surface area contributed by atoms with Crippen LogP contribution in [0.15, 0.2) is 23.2 Å². The first-order valence-corrected chi connectivity index (χ1v) is 7.96. The highest BCUT2D eigenvalue weighted by molar-refractivity contribution is 5.85. The molecule has 7 nitrogen and oxygen atoms in total. The van der Waals surface area contributed by atoms with Crippen LogP contribution in [0.25, 0.3) is 0 Å². The Balaban J connectivity index is 2.82. The molecule has 1 aromatic carbocycles. The van der Waals surface area contributed by atoms with Gasteiger partial charge in [-0.2, -0.15) is 0 Å². The number of carbonyl (C=O) groups excluding carboxylic acids is 1. The standard InChI is InChI=1S/C17H27FN4O3/c1-12(13-6-7-15(25-5)14(18)10-13)21-17(19-8-9-24-4)20-11-16(23)22(2)3/h6-7,10,12H,8-9,11H2,1-5H3,(H2,19,20,21). The Morgan fingerprint density at radius 3 is 2.64 bits per heavy atom. The van der Waals surface area contributed by atoms with Gasteiger partial charge in [0.1, 0.15) is 6.54 Å². The van der Waals surface area contributed by atoms with Crippen LogP contribution >= 0.6 is 0 Å². The van der Waals surface area contributed by atoms with E-state index >= 15 is 0 Å². The highest BCUT2D eigenvalue weighted by Crippen LogP contribution is 2.21. The molecule has 0 aliphatic heterocycles. The largest absolute Gasteiger partial charge is 0.494 e. The number of nitrogens with zero attached hydrogens (tertiary/aromatic N) is 2. The van der Waals surface area contributed by atoms with E-state index < -0.39 is 5.82 Å². The lowest BCUT2D eigenvalue weighted by molar-refractivity contribution is -0.127. The molecular formula is C17H27FN4O3. The van der Waals surface area contributed by atoms with Gasteiger partial charge >= 0.3 is 0 Å². The first-order valence-electron chi connectivity index (χ1n) is 7.96. The lowest BCUT2D eigenvalue weighted by atomic mass is 10.1. The quantitative estimate of drug-likeness (QED) is 0.416. The van der Waals surface area contributed by atoms with Crippen LogP contribution in [0.1, 0.15) is 18.5 Å². The Bertz CT molecular complexity index is 593. The fourth-order valence-electron chi connectivity index (χ4n) is 1.95. The molecule has 1 atom stereocenters. The fraction of sp³-hybridized carbons (Fsp3) is 0.529. The van der Waals surface area contributed by atoms with Gasteiger partial charge in [0.25, 0.3) is 0 Å². The molecule has 25 heavy (non-hydrogen) atoms. The van der Waals surface area contributed by atoms with Crippen molar-refractivity contribution in [1.82, 2.24) is 15.5 Å². The van der Waals surface area contributed by atoms with E-state index in [1.54, 1.807) is 33.3 Å². The van der Waals surface area contributed by atoms with Gasteiger partial charge in [-0.05, 0) is 24.6 Å². The predicted octanol–water partition coefficient (Wildman–Crippen LogP) is 1.17. The van der Waals surface area contributed by atoms with Gasteiger partial charge in [-0.1, -0.05) is 6.07 Å². The van der Waals surface area contributed by atoms with Crippen LogP contribution in [0.3, 0.4) is 0 Å². The van der Waals surface area contributed by atoms with Crippen molar-refractivity contribution in [3.8, 4) is 5.75 Å². The first-order chi connectivity index (χ1) is 11.9. The molecule has 1 aromatic rings. The average Bonchev–Trinajstić information content (AvgIpc) is 2.58. The predicted molar refractivity (Wildman–Crippen MR) is 95.4 cm³/mol. The monoisotopic (exact) mass is 354 g/mol. The molecule has 0 saturated carbocycles. The van der Waals surface area contributed by atoms with Crippen molar-refractivity contribution in [2.45, 2.75) is 13.0 Å². The number of nitrogens with one attached hydrogen (secondary N) is 2. The van der Waals surface area contributed by atoms with E-state index in [1.807, 2.05) is 6.92 Å². The summed E-state index contributed by atoms with van der Waals surface area (Å²) in [6.07, 6.45) is 0. The summed E-state index contributed by atoms with van der Waals surface area (Å²) in [6.45, 7) is 2.91. The summed E-state index contributed by atoms with van der Waals surface area (Å²) in [5, 5.41) is 6.23. The highest BCUT2D eigenvalue weighted by atomic mass is 19.1. The Morgan fingerprint density at radius 1 is 1.36 bits per heavy atom. The molecule has 1 rings (SSSR count). The lowest BCUT2D eigenvalue weighted by Crippen LogP contribution is -2.41. The van der Waals surface area contributed by atoms with E-state index in [-0.39, 0.29) is 24.2 Å². The fourth-order valence-corrected chi connectivity index (χ4v) is 1.95. The van der Waals surface area contributed by atoms with Crippen LogP contribution in [-0.2, 0) is 9.53 Å². The minimum Gasteiger partial charge on any atom is -0.494 e. The van der Waals surface area contributed by atoms with Crippen molar-refractivity contribution in [1.29, 1.82) is 0 Å². The summed E-state index contributed by atoms with van der Waals surface area (Å²) in [6, 6.07) is 4.54. The second-order valence-electron chi connectivity index (χ2n) is 5.63. The van der Waals surface area contributed by atoms with Crippen LogP contribution < -0.4 is 15.4 Å². The number of ether oxygens (including phenoxy) is 2. The van der Waals surface area contributed by atoms with E-state index in [9.17, 15) is 9.18 Å². The molecule has 0 radical (unpaired) electrons. The number of aliphatic imine (C=N–C) groups is 1. The molecule has 1 amide bonds. The van der Waals surface area contributed by atoms with E-state index in [0.29, 0.717) is 19.1 Å². The zero-order valence-electron chi connectivity index (χ0n) is 15.4. The van der Waals surface area contributed by atoms with Gasteiger partial charge in [-0.3, -0.25) is 4.79 Å². The summed E-state index contributed by atoms with van der Waals surface area (Å²) in [5.41, 5.74) is 0.735. The zero-order chi connectivity index (χ0) is 18.8. The Morgan fingerprint density at radius 2 is 2.08 bits per heavy atom. The summed E-state index contributed by atoms with van der Waals surface area (Å²) < 4.78 is 23.8. The Labute approximate surface area is 148 Å². The number of hydrogen-bond donors (Lipinski definition) is 2. The van der Waals surface area contributed by atoms with E-state index in [1.165, 1.54) is 18.1 Å². The molecule has 8 heteroatoms. The maximum atomic E-state index is 13.9. The highest BCUT2D eigenvalue weighted by Gasteiger charge is 2.12. The number of likely N-dealkylation sites (N-methyl/N-ethyl adjacent to an activating group) is 1. The number of rotatable bonds is 8. The van der Waals surface area contributed by atoms with Gasteiger partial charge in [0.2, 0.25) is 5.91 Å². The van der Waals surface area contributed by atoms with E-state index in [4.69, 9.17) is 9.47 Å². The van der Waals surface area contributed by atoms with Gasteiger partial charge in [0.05, 0.1) is 19.8 Å². The van der Waals surface area contributed by atoms with Crippen molar-refractivity contribution in [2.24, 2.45) is 4.99 Å². The summed E-state index contributed by atoms with van der Waals surface area (Å²) in [7, 11) is 6.37. The molecule has 0 saturated heterocycles. The number of methoxy groups -OCH3 is 2. The second-order valence-corrected chi connectivity index (χ2v) is 5.63. The topological polar surface area (TPSA) is 75.2 Å². The van der Waals surface area contributed by atoms with Crippen molar-refractivity contribution < 1.29 is 18.7 Å². The van der Waals surface area contributed by atoms with Gasteiger partial charge in [-0.25, -0.2) is 9.38 Å². The van der Waals surface area contributed by atoms with Gasteiger partial charge in [0.15, 0.2) is 17.5 Å². The summed E-state index contributed by atoms with van der Waals surface area (Å²) in [5.74, 6) is 0.105. The third kappa shape index (κ3) is 6.96. The zero-order valence-corrected chi connectivity index (χ0v) is 15.4. The third-order valence-electron chi connectivity index (χ3n) is 3.50. The molecule has 0 aromatic heterocycles. The number of benzene rings is 1. The summed E-state index contributed by atoms with van der Waals surface area (Å²) in [4.78, 5) is 17.5. The SMILES string of the molecule is COCCNC(=NCC(=O)N(C)C)NC(C)c1ccc(OC)c(F)c1.